The van der Waals surface area contributed by atoms with Crippen LogP contribution in [0.15, 0.2) is 30.3 Å². The minimum atomic E-state index is 0.734. The number of hydrogen-bond acceptors (Lipinski definition) is 2. The molecule has 0 unspecified atom stereocenters. The quantitative estimate of drug-likeness (QED) is 0.747. The number of ether oxygens (including phenoxy) is 1. The Morgan fingerprint density at radius 1 is 0.895 bits per heavy atom. The van der Waals surface area contributed by atoms with Crippen LogP contribution in [0.5, 0.6) is 5.75 Å². The molecular weight excluding hydrogens is 234 g/mol. The van der Waals surface area contributed by atoms with Crippen LogP contribution in [0.25, 0.3) is 0 Å². The molecule has 0 saturated carbocycles. The van der Waals surface area contributed by atoms with E-state index in [1.54, 1.807) is 0 Å². The Hall–Kier alpha value is -1.02. The molecule has 19 heavy (non-hydrogen) atoms. The molecule has 1 aromatic rings. The van der Waals surface area contributed by atoms with Gasteiger partial charge in [0.1, 0.15) is 12.4 Å². The van der Waals surface area contributed by atoms with Crippen molar-refractivity contribution in [1.82, 2.24) is 5.32 Å². The maximum absolute atomic E-state index is 5.45. The topological polar surface area (TPSA) is 21.3 Å². The molecule has 0 aliphatic heterocycles. The van der Waals surface area contributed by atoms with Gasteiger partial charge in [-0.3, -0.25) is 0 Å². The zero-order chi connectivity index (χ0) is 15.4. The highest BCUT2D eigenvalue weighted by atomic mass is 16.5. The minimum absolute atomic E-state index is 0.734. The third kappa shape index (κ3) is 22.6. The van der Waals surface area contributed by atoms with Crippen LogP contribution in [0.4, 0.5) is 0 Å². The monoisotopic (exact) mass is 269 g/mol. The van der Waals surface area contributed by atoms with Gasteiger partial charge in [0, 0.05) is 6.54 Å². The summed E-state index contributed by atoms with van der Waals surface area (Å²) >= 11 is 0. The first kappa shape index (κ1) is 23.1. The highest BCUT2D eigenvalue weighted by Gasteiger charge is 1.88. The SMILES string of the molecule is CC.CC.CCC.CCNCCOc1ccccc1. The smallest absolute Gasteiger partial charge is 0.119 e. The van der Waals surface area contributed by atoms with E-state index in [0.29, 0.717) is 0 Å². The van der Waals surface area contributed by atoms with Gasteiger partial charge in [0.15, 0.2) is 0 Å². The molecule has 0 aliphatic carbocycles. The molecule has 1 rings (SSSR count). The molecule has 0 heterocycles. The highest BCUT2D eigenvalue weighted by molar-refractivity contribution is 5.20. The third-order valence-corrected chi connectivity index (χ3v) is 1.54. The van der Waals surface area contributed by atoms with Crippen LogP contribution in [-0.2, 0) is 0 Å². The number of para-hydroxylation sites is 1. The summed E-state index contributed by atoms with van der Waals surface area (Å²) < 4.78 is 5.45. The summed E-state index contributed by atoms with van der Waals surface area (Å²) in [5, 5.41) is 3.19. The summed E-state index contributed by atoms with van der Waals surface area (Å²) in [5.74, 6) is 0.940. The van der Waals surface area contributed by atoms with Crippen LogP contribution in [0.1, 0.15) is 54.9 Å². The van der Waals surface area contributed by atoms with E-state index in [9.17, 15) is 0 Å². The number of rotatable bonds is 5. The summed E-state index contributed by atoms with van der Waals surface area (Å²) in [6.45, 7) is 17.0. The van der Waals surface area contributed by atoms with E-state index >= 15 is 0 Å². The second kappa shape index (κ2) is 25.7. The Morgan fingerprint density at radius 2 is 1.37 bits per heavy atom. The van der Waals surface area contributed by atoms with Crippen LogP contribution >= 0.6 is 0 Å². The largest absolute Gasteiger partial charge is 0.492 e. The lowest BCUT2D eigenvalue weighted by molar-refractivity contribution is 0.315. The molecule has 0 aliphatic rings. The van der Waals surface area contributed by atoms with E-state index in [1.807, 2.05) is 58.0 Å². The molecule has 0 bridgehead atoms. The number of benzene rings is 1. The van der Waals surface area contributed by atoms with E-state index in [0.717, 1.165) is 25.4 Å². The second-order valence-electron chi connectivity index (χ2n) is 3.22. The molecule has 114 valence electrons. The summed E-state index contributed by atoms with van der Waals surface area (Å²) in [6, 6.07) is 9.86. The maximum atomic E-state index is 5.45. The fourth-order valence-electron chi connectivity index (χ4n) is 0.935. The van der Waals surface area contributed by atoms with Crippen LogP contribution in [0.3, 0.4) is 0 Å². The van der Waals surface area contributed by atoms with Crippen molar-refractivity contribution in [3.63, 3.8) is 0 Å². The van der Waals surface area contributed by atoms with Gasteiger partial charge in [-0.15, -0.1) is 0 Å². The average Bonchev–Trinajstić information content (AvgIpc) is 2.50. The van der Waals surface area contributed by atoms with E-state index in [-0.39, 0.29) is 0 Å². The Bertz CT molecular complexity index is 212. The summed E-state index contributed by atoms with van der Waals surface area (Å²) in [5.41, 5.74) is 0. The van der Waals surface area contributed by atoms with Crippen LogP contribution in [-0.4, -0.2) is 19.7 Å². The zero-order valence-corrected chi connectivity index (χ0v) is 14.1. The van der Waals surface area contributed by atoms with Crippen molar-refractivity contribution in [3.05, 3.63) is 30.3 Å². The fraction of sp³-hybridized carbons (Fsp3) is 0.647. The Balaban J connectivity index is -0.000000313. The molecule has 0 aromatic heterocycles. The van der Waals surface area contributed by atoms with E-state index < -0.39 is 0 Å². The molecular formula is C17H35NO. The number of hydrogen-bond donors (Lipinski definition) is 1. The molecule has 2 nitrogen and oxygen atoms in total. The Kier molecular flexibility index (Phi) is 31.3. The van der Waals surface area contributed by atoms with Crippen LogP contribution in [0.2, 0.25) is 0 Å². The second-order valence-corrected chi connectivity index (χ2v) is 3.22. The first-order valence-corrected chi connectivity index (χ1v) is 7.73. The predicted molar refractivity (Wildman–Crippen MR) is 89.1 cm³/mol. The molecule has 2 heteroatoms. The van der Waals surface area contributed by atoms with E-state index in [2.05, 4.69) is 26.1 Å². The lowest BCUT2D eigenvalue weighted by atomic mass is 10.3. The van der Waals surface area contributed by atoms with Gasteiger partial charge in [-0.25, -0.2) is 0 Å². The third-order valence-electron chi connectivity index (χ3n) is 1.54. The zero-order valence-electron chi connectivity index (χ0n) is 14.1. The van der Waals surface area contributed by atoms with E-state index in [4.69, 9.17) is 4.74 Å². The predicted octanol–water partition coefficient (Wildman–Crippen LogP) is 5.14. The first-order valence-electron chi connectivity index (χ1n) is 7.73. The average molecular weight is 269 g/mol. The number of likely N-dealkylation sites (N-methyl/N-ethyl adjacent to an activating group) is 1. The van der Waals surface area contributed by atoms with Gasteiger partial charge in [-0.05, 0) is 18.7 Å². The summed E-state index contributed by atoms with van der Waals surface area (Å²) in [4.78, 5) is 0. The van der Waals surface area contributed by atoms with Crippen molar-refractivity contribution in [2.24, 2.45) is 0 Å². The Morgan fingerprint density at radius 3 is 1.79 bits per heavy atom. The fourth-order valence-corrected chi connectivity index (χ4v) is 0.935. The summed E-state index contributed by atoms with van der Waals surface area (Å²) in [6.07, 6.45) is 1.25. The van der Waals surface area contributed by atoms with Crippen LogP contribution < -0.4 is 10.1 Å². The highest BCUT2D eigenvalue weighted by Crippen LogP contribution is 2.07. The van der Waals surface area contributed by atoms with Crippen molar-refractivity contribution in [2.45, 2.75) is 54.9 Å². The molecule has 1 aromatic carbocycles. The first-order chi connectivity index (χ1) is 9.35. The van der Waals surface area contributed by atoms with Crippen molar-refractivity contribution >= 4 is 0 Å². The van der Waals surface area contributed by atoms with Gasteiger partial charge in [0.2, 0.25) is 0 Å². The van der Waals surface area contributed by atoms with Crippen molar-refractivity contribution in [3.8, 4) is 5.75 Å². The molecule has 0 amide bonds. The van der Waals surface area contributed by atoms with Gasteiger partial charge in [-0.2, -0.15) is 0 Å². The Labute approximate surface area is 121 Å². The molecule has 0 fully saturated rings. The standard InChI is InChI=1S/C10H15NO.C3H8.2C2H6/c1-2-11-8-9-12-10-6-4-3-5-7-10;1-3-2;2*1-2/h3-7,11H,2,8-9H2,1H3;3H2,1-2H3;2*1-2H3. The number of nitrogens with one attached hydrogen (secondary N) is 1. The minimum Gasteiger partial charge on any atom is -0.492 e. The van der Waals surface area contributed by atoms with Gasteiger partial charge in [0.25, 0.3) is 0 Å². The van der Waals surface area contributed by atoms with Gasteiger partial charge in [0.05, 0.1) is 0 Å². The van der Waals surface area contributed by atoms with Gasteiger partial charge < -0.3 is 10.1 Å². The normalized spacial score (nSPS) is 7.74. The molecule has 0 atom stereocenters. The summed E-state index contributed by atoms with van der Waals surface area (Å²) in [7, 11) is 0. The van der Waals surface area contributed by atoms with Crippen molar-refractivity contribution in [1.29, 1.82) is 0 Å². The van der Waals surface area contributed by atoms with Crippen molar-refractivity contribution in [2.75, 3.05) is 19.7 Å². The lowest BCUT2D eigenvalue weighted by Crippen LogP contribution is -2.20. The molecule has 0 spiro atoms. The molecule has 1 N–H and O–H groups in total. The van der Waals surface area contributed by atoms with Gasteiger partial charge >= 0.3 is 0 Å². The maximum Gasteiger partial charge on any atom is 0.119 e. The molecule has 0 saturated heterocycles. The van der Waals surface area contributed by atoms with E-state index in [1.165, 1.54) is 6.42 Å². The van der Waals surface area contributed by atoms with Crippen LogP contribution in [0, 0.1) is 0 Å². The lowest BCUT2D eigenvalue weighted by Gasteiger charge is -2.05. The molecule has 0 radical (unpaired) electrons. The van der Waals surface area contributed by atoms with Crippen molar-refractivity contribution < 1.29 is 4.74 Å². The van der Waals surface area contributed by atoms with Gasteiger partial charge in [-0.1, -0.05) is 73.1 Å².